The number of aromatic carboxylic acids is 1. The standard InChI is InChI=1S/C42H38F2N4O11/c1-23-22-47(46-45-23)14-15-57-26-11-13-34(48(55)56)28(17-26)24(2)58-40(52)9-7-5-3-4-6-8-35(49)25-10-12-27(29(16-25)42(53)54)41-30-18-32(43)36(50)20-38(30)59-39-21-37(51)33(44)19-31(39)41/h10-13,16-22,24,50H,3-9,14-15H2,1-2H3,(H,53,54). The lowest BCUT2D eigenvalue weighted by Crippen LogP contribution is -2.12. The van der Waals surface area contributed by atoms with Crippen LogP contribution in [0.5, 0.6) is 11.5 Å². The normalized spacial score (nSPS) is 11.8. The maximum atomic E-state index is 14.6. The number of aryl methyl sites for hydroxylation is 1. The Morgan fingerprint density at radius 2 is 1.69 bits per heavy atom. The van der Waals surface area contributed by atoms with Gasteiger partial charge in [0.2, 0.25) is 5.43 Å². The molecule has 3 aromatic carbocycles. The number of carboxylic acids is 1. The number of ether oxygens (including phenoxy) is 2. The highest BCUT2D eigenvalue weighted by Gasteiger charge is 2.26. The topological polar surface area (TPSA) is 214 Å². The molecule has 2 N–H and O–H groups in total. The molecule has 15 nitrogen and oxygen atoms in total. The van der Waals surface area contributed by atoms with Crippen LogP contribution in [0.25, 0.3) is 33.4 Å². The van der Waals surface area contributed by atoms with Crippen molar-refractivity contribution < 1.29 is 52.2 Å². The van der Waals surface area contributed by atoms with E-state index in [9.17, 15) is 48.3 Å². The molecule has 59 heavy (non-hydrogen) atoms. The Balaban J connectivity index is 1.01. The van der Waals surface area contributed by atoms with E-state index in [1.54, 1.807) is 17.8 Å². The van der Waals surface area contributed by atoms with Gasteiger partial charge in [-0.15, -0.1) is 5.10 Å². The van der Waals surface area contributed by atoms with Gasteiger partial charge >= 0.3 is 11.9 Å². The number of aromatic hydroxyl groups is 1. The van der Waals surface area contributed by atoms with Crippen molar-refractivity contribution in [1.29, 1.82) is 0 Å². The monoisotopic (exact) mass is 812 g/mol. The number of ketones is 1. The lowest BCUT2D eigenvalue weighted by atomic mass is 9.89. The van der Waals surface area contributed by atoms with Crippen LogP contribution in [0, 0.1) is 28.7 Å². The van der Waals surface area contributed by atoms with Crippen LogP contribution in [0.1, 0.15) is 89.9 Å². The van der Waals surface area contributed by atoms with E-state index >= 15 is 0 Å². The number of hydrogen-bond donors (Lipinski definition) is 2. The number of rotatable bonds is 18. The molecule has 306 valence electrons. The van der Waals surface area contributed by atoms with Crippen molar-refractivity contribution in [3.05, 3.63) is 121 Å². The molecular formula is C42H38F2N4O11. The van der Waals surface area contributed by atoms with Crippen LogP contribution in [0.15, 0.2) is 76.1 Å². The summed E-state index contributed by atoms with van der Waals surface area (Å²) in [6.07, 6.45) is 3.92. The molecule has 0 bridgehead atoms. The number of unbranched alkanes of at least 4 members (excludes halogenated alkanes) is 4. The molecule has 1 aliphatic carbocycles. The van der Waals surface area contributed by atoms with Gasteiger partial charge in [-0.1, -0.05) is 36.6 Å². The highest BCUT2D eigenvalue weighted by molar-refractivity contribution is 6.09. The van der Waals surface area contributed by atoms with Crippen molar-refractivity contribution in [2.75, 3.05) is 6.61 Å². The first-order valence-corrected chi connectivity index (χ1v) is 18.7. The molecule has 1 atom stereocenters. The van der Waals surface area contributed by atoms with E-state index in [0.29, 0.717) is 44.4 Å². The number of carbonyl (C=O) groups excluding carboxylic acids is 2. The summed E-state index contributed by atoms with van der Waals surface area (Å²) < 4.78 is 47.6. The Morgan fingerprint density at radius 3 is 2.41 bits per heavy atom. The Labute approximate surface area is 334 Å². The van der Waals surface area contributed by atoms with Crippen molar-refractivity contribution in [2.24, 2.45) is 0 Å². The lowest BCUT2D eigenvalue weighted by molar-refractivity contribution is -0.386. The van der Waals surface area contributed by atoms with Crippen molar-refractivity contribution in [1.82, 2.24) is 15.0 Å². The predicted molar refractivity (Wildman–Crippen MR) is 208 cm³/mol. The number of benzene rings is 4. The lowest BCUT2D eigenvalue weighted by Gasteiger charge is -2.17. The van der Waals surface area contributed by atoms with E-state index in [0.717, 1.165) is 30.0 Å². The van der Waals surface area contributed by atoms with Gasteiger partial charge in [0.05, 0.1) is 28.3 Å². The zero-order chi connectivity index (χ0) is 42.4. The minimum absolute atomic E-state index is 0.00126. The average molecular weight is 813 g/mol. The second-order valence-corrected chi connectivity index (χ2v) is 13.9. The van der Waals surface area contributed by atoms with E-state index in [2.05, 4.69) is 10.3 Å². The van der Waals surface area contributed by atoms with Crippen LogP contribution in [0.3, 0.4) is 0 Å². The van der Waals surface area contributed by atoms with Crippen LogP contribution in [-0.2, 0) is 16.1 Å². The number of esters is 1. The number of nitro benzene ring substituents is 1. The predicted octanol–water partition coefficient (Wildman–Crippen LogP) is 8.35. The number of carbonyl (C=O) groups is 3. The van der Waals surface area contributed by atoms with E-state index in [-0.39, 0.29) is 81.0 Å². The number of phenols is 1. The zero-order valence-electron chi connectivity index (χ0n) is 31.9. The molecule has 2 aliphatic rings. The van der Waals surface area contributed by atoms with Crippen LogP contribution in [0.2, 0.25) is 0 Å². The Morgan fingerprint density at radius 1 is 0.949 bits per heavy atom. The maximum Gasteiger partial charge on any atom is 0.336 e. The summed E-state index contributed by atoms with van der Waals surface area (Å²) >= 11 is 0. The molecule has 1 aliphatic heterocycles. The highest BCUT2D eigenvalue weighted by atomic mass is 19.1. The van der Waals surface area contributed by atoms with Crippen molar-refractivity contribution in [2.45, 2.75) is 71.4 Å². The van der Waals surface area contributed by atoms with E-state index in [1.807, 2.05) is 6.92 Å². The summed E-state index contributed by atoms with van der Waals surface area (Å²) in [5.41, 5.74) is -0.565. The number of fused-ring (bicyclic) bond motifs is 2. The molecule has 0 fully saturated rings. The van der Waals surface area contributed by atoms with Crippen LogP contribution >= 0.6 is 0 Å². The second kappa shape index (κ2) is 18.0. The third-order valence-electron chi connectivity index (χ3n) is 9.65. The third-order valence-corrected chi connectivity index (χ3v) is 9.65. The summed E-state index contributed by atoms with van der Waals surface area (Å²) in [5, 5.41) is 39.7. The fraction of sp³-hybridized carbons (Fsp3) is 0.286. The quantitative estimate of drug-likeness (QED) is 0.0209. The van der Waals surface area contributed by atoms with Crippen molar-refractivity contribution in [3.63, 3.8) is 0 Å². The molecule has 4 aromatic rings. The largest absolute Gasteiger partial charge is 0.505 e. The molecule has 0 spiro atoms. The first-order valence-electron chi connectivity index (χ1n) is 18.7. The molecular weight excluding hydrogens is 774 g/mol. The van der Waals surface area contributed by atoms with Gasteiger partial charge in [-0.3, -0.25) is 24.5 Å². The fourth-order valence-corrected chi connectivity index (χ4v) is 6.73. The zero-order valence-corrected chi connectivity index (χ0v) is 31.9. The average Bonchev–Trinajstić information content (AvgIpc) is 3.61. The third kappa shape index (κ3) is 9.75. The van der Waals surface area contributed by atoms with Gasteiger partial charge in [-0.2, -0.15) is 0 Å². The molecule has 17 heteroatoms. The number of phenolic OH excluding ortho intramolecular Hbond substituents is 1. The van der Waals surface area contributed by atoms with Gasteiger partial charge in [0.1, 0.15) is 29.8 Å². The molecule has 0 amide bonds. The first-order chi connectivity index (χ1) is 28.2. The summed E-state index contributed by atoms with van der Waals surface area (Å²) in [4.78, 5) is 61.5. The van der Waals surface area contributed by atoms with Crippen LogP contribution < -0.4 is 10.2 Å². The van der Waals surface area contributed by atoms with Gasteiger partial charge in [0, 0.05) is 59.3 Å². The molecule has 1 unspecified atom stereocenters. The number of halogens is 2. The first kappa shape index (κ1) is 41.6. The maximum absolute atomic E-state index is 14.6. The van der Waals surface area contributed by atoms with Crippen LogP contribution in [0.4, 0.5) is 14.5 Å². The number of hydrogen-bond acceptors (Lipinski definition) is 12. The van der Waals surface area contributed by atoms with Crippen LogP contribution in [-0.4, -0.2) is 54.5 Å². The number of Topliss-reactive ketones (excluding diaryl/α,β-unsaturated/α-hetero) is 1. The number of nitrogens with zero attached hydrogens (tertiary/aromatic N) is 4. The van der Waals surface area contributed by atoms with Gasteiger partial charge < -0.3 is 24.1 Å². The Kier molecular flexibility index (Phi) is 12.7. The minimum atomic E-state index is -1.42. The molecule has 2 heterocycles. The second-order valence-electron chi connectivity index (χ2n) is 13.9. The van der Waals surface area contributed by atoms with Crippen molar-refractivity contribution in [3.8, 4) is 33.9 Å². The van der Waals surface area contributed by atoms with Crippen molar-refractivity contribution >= 4 is 34.4 Å². The smallest absolute Gasteiger partial charge is 0.336 e. The molecule has 0 radical (unpaired) electrons. The highest BCUT2D eigenvalue weighted by Crippen LogP contribution is 2.43. The summed E-state index contributed by atoms with van der Waals surface area (Å²) in [7, 11) is 0. The van der Waals surface area contributed by atoms with Gasteiger partial charge in [-0.25, -0.2) is 18.3 Å². The number of carboxylic acid groups (broad SMARTS) is 1. The Hall–Kier alpha value is -7.04. The number of aromatic nitrogens is 3. The SMILES string of the molecule is Cc1cn(CCOc2ccc([N+](=O)[O-])c(C(C)OC(=O)CCCCCCCC(=O)c3ccc(-c4c5cc(F)c(=O)cc-5oc5cc(O)c(F)cc45)c(C(=O)O)c3)c2)nn1. The minimum Gasteiger partial charge on any atom is -0.505 e. The van der Waals surface area contributed by atoms with Gasteiger partial charge in [-0.05, 0) is 62.6 Å². The Bertz CT molecular complexity index is 2600. The molecule has 6 rings (SSSR count). The summed E-state index contributed by atoms with van der Waals surface area (Å²) in [6.45, 7) is 4.00. The molecule has 0 saturated heterocycles. The fourth-order valence-electron chi connectivity index (χ4n) is 6.73. The number of nitro groups is 1. The molecule has 0 saturated carbocycles. The van der Waals surface area contributed by atoms with Gasteiger partial charge in [0.25, 0.3) is 5.69 Å². The van der Waals surface area contributed by atoms with E-state index < -0.39 is 45.8 Å². The van der Waals surface area contributed by atoms with Gasteiger partial charge in [0.15, 0.2) is 23.2 Å². The molecule has 1 aromatic heterocycles. The van der Waals surface area contributed by atoms with E-state index in [1.165, 1.54) is 36.4 Å². The summed E-state index contributed by atoms with van der Waals surface area (Å²) in [5.74, 6) is -4.98. The van der Waals surface area contributed by atoms with E-state index in [4.69, 9.17) is 13.9 Å². The summed E-state index contributed by atoms with van der Waals surface area (Å²) in [6, 6.07) is 11.8.